The van der Waals surface area contributed by atoms with E-state index in [1.807, 2.05) is 11.4 Å². The number of fused-ring (bicyclic) bond motifs is 1. The third-order valence-corrected chi connectivity index (χ3v) is 5.15. The molecule has 25 heavy (non-hydrogen) atoms. The monoisotopic (exact) mass is 369 g/mol. The molecule has 2 heterocycles. The summed E-state index contributed by atoms with van der Waals surface area (Å²) in [5.74, 6) is 1.29. The highest BCUT2D eigenvalue weighted by atomic mass is 32.2. The van der Waals surface area contributed by atoms with Gasteiger partial charge in [0, 0.05) is 12.3 Å². The minimum Gasteiger partial charge on any atom is -0.493 e. The summed E-state index contributed by atoms with van der Waals surface area (Å²) in [6.07, 6.45) is 1.69. The molecule has 0 aliphatic heterocycles. The lowest BCUT2D eigenvalue weighted by Crippen LogP contribution is -2.22. The van der Waals surface area contributed by atoms with Crippen LogP contribution in [-0.4, -0.2) is 21.9 Å². The van der Waals surface area contributed by atoms with Crippen LogP contribution in [0.5, 0.6) is 5.75 Å². The van der Waals surface area contributed by atoms with E-state index in [1.165, 1.54) is 23.1 Å². The number of nitriles is 1. The van der Waals surface area contributed by atoms with Crippen molar-refractivity contribution in [2.45, 2.75) is 11.7 Å². The van der Waals surface area contributed by atoms with Gasteiger partial charge in [-0.25, -0.2) is 4.98 Å². The molecule has 3 rings (SSSR count). The standard InChI is InChI=1S/C18H15N3O2S2/c1-2-7-21-17(22)15-6-9-24-16(15)20-18(21)25-10-8-23-14-5-3-4-13(11-14)12-19/h2-6,9,11H,1,7-8,10H2. The zero-order valence-electron chi connectivity index (χ0n) is 13.3. The maximum absolute atomic E-state index is 12.5. The number of rotatable bonds is 7. The smallest absolute Gasteiger partial charge is 0.263 e. The molecule has 0 aliphatic rings. The average molecular weight is 369 g/mol. The lowest BCUT2D eigenvalue weighted by Gasteiger charge is -2.10. The molecule has 0 saturated heterocycles. The highest BCUT2D eigenvalue weighted by Crippen LogP contribution is 2.21. The van der Waals surface area contributed by atoms with Crippen molar-refractivity contribution in [2.75, 3.05) is 12.4 Å². The van der Waals surface area contributed by atoms with Gasteiger partial charge in [0.25, 0.3) is 5.56 Å². The molecule has 2 aromatic heterocycles. The van der Waals surface area contributed by atoms with Crippen LogP contribution in [0.1, 0.15) is 5.56 Å². The molecule has 0 spiro atoms. The Balaban J connectivity index is 1.70. The van der Waals surface area contributed by atoms with Crippen molar-refractivity contribution in [3.05, 3.63) is 64.3 Å². The SMILES string of the molecule is C=CCn1c(SCCOc2cccc(C#N)c2)nc2sccc2c1=O. The van der Waals surface area contributed by atoms with Gasteiger partial charge in [0.05, 0.1) is 23.6 Å². The molecular weight excluding hydrogens is 354 g/mol. The van der Waals surface area contributed by atoms with Crippen molar-refractivity contribution in [3.63, 3.8) is 0 Å². The van der Waals surface area contributed by atoms with Crippen molar-refractivity contribution in [1.82, 2.24) is 9.55 Å². The third kappa shape index (κ3) is 3.92. The Morgan fingerprint density at radius 2 is 2.32 bits per heavy atom. The lowest BCUT2D eigenvalue weighted by molar-refractivity contribution is 0.343. The molecule has 0 saturated carbocycles. The van der Waals surface area contributed by atoms with Crippen molar-refractivity contribution in [2.24, 2.45) is 0 Å². The van der Waals surface area contributed by atoms with Crippen LogP contribution in [0.4, 0.5) is 0 Å². The summed E-state index contributed by atoms with van der Waals surface area (Å²) in [5.41, 5.74) is 0.520. The van der Waals surface area contributed by atoms with E-state index in [4.69, 9.17) is 10.00 Å². The number of allylic oxidation sites excluding steroid dienone is 1. The summed E-state index contributed by atoms with van der Waals surface area (Å²) in [6.45, 7) is 4.59. The molecule has 5 nitrogen and oxygen atoms in total. The number of thiophene rings is 1. The first kappa shape index (κ1) is 17.3. The zero-order chi connectivity index (χ0) is 17.6. The second-order valence-electron chi connectivity index (χ2n) is 5.07. The Bertz CT molecular complexity index is 1000. The fourth-order valence-electron chi connectivity index (χ4n) is 2.28. The van der Waals surface area contributed by atoms with Gasteiger partial charge in [-0.15, -0.1) is 17.9 Å². The number of ether oxygens (including phenoxy) is 1. The molecule has 0 amide bonds. The zero-order valence-corrected chi connectivity index (χ0v) is 15.0. The van der Waals surface area contributed by atoms with Gasteiger partial charge in [-0.3, -0.25) is 9.36 Å². The van der Waals surface area contributed by atoms with Crippen molar-refractivity contribution in [1.29, 1.82) is 5.26 Å². The minimum absolute atomic E-state index is 0.0451. The highest BCUT2D eigenvalue weighted by molar-refractivity contribution is 7.99. The number of hydrogen-bond donors (Lipinski definition) is 0. The molecule has 0 atom stereocenters. The van der Waals surface area contributed by atoms with Gasteiger partial charge in [0.1, 0.15) is 10.6 Å². The van der Waals surface area contributed by atoms with Gasteiger partial charge < -0.3 is 4.74 Å². The van der Waals surface area contributed by atoms with E-state index in [9.17, 15) is 4.79 Å². The number of nitrogens with zero attached hydrogens (tertiary/aromatic N) is 3. The summed E-state index contributed by atoms with van der Waals surface area (Å²) in [6, 6.07) is 10.9. The Morgan fingerprint density at radius 1 is 1.44 bits per heavy atom. The second kappa shape index (κ2) is 8.01. The molecule has 1 aromatic carbocycles. The maximum Gasteiger partial charge on any atom is 0.263 e. The number of aromatic nitrogens is 2. The van der Waals surface area contributed by atoms with Gasteiger partial charge >= 0.3 is 0 Å². The van der Waals surface area contributed by atoms with Crippen LogP contribution < -0.4 is 10.3 Å². The first-order chi connectivity index (χ1) is 12.2. The molecule has 126 valence electrons. The van der Waals surface area contributed by atoms with Crippen molar-refractivity contribution >= 4 is 33.3 Å². The Morgan fingerprint density at radius 3 is 3.12 bits per heavy atom. The Kier molecular flexibility index (Phi) is 5.53. The molecule has 0 aliphatic carbocycles. The van der Waals surface area contributed by atoms with Gasteiger partial charge in [0.15, 0.2) is 5.16 Å². The van der Waals surface area contributed by atoms with Crippen LogP contribution in [-0.2, 0) is 6.54 Å². The Labute approximate surface area is 153 Å². The van der Waals surface area contributed by atoms with E-state index in [1.54, 1.807) is 34.9 Å². The fraction of sp³-hybridized carbons (Fsp3) is 0.167. The summed E-state index contributed by atoms with van der Waals surface area (Å²) in [7, 11) is 0. The molecule has 0 N–H and O–H groups in total. The Hall–Kier alpha value is -2.56. The summed E-state index contributed by atoms with van der Waals surface area (Å²) < 4.78 is 7.30. The van der Waals surface area contributed by atoms with E-state index in [2.05, 4.69) is 17.6 Å². The van der Waals surface area contributed by atoms with Crippen LogP contribution in [0.15, 0.2) is 58.3 Å². The first-order valence-electron chi connectivity index (χ1n) is 7.57. The van der Waals surface area contributed by atoms with Gasteiger partial charge in [-0.1, -0.05) is 23.9 Å². The molecule has 3 aromatic rings. The van der Waals surface area contributed by atoms with Crippen molar-refractivity contribution in [3.8, 4) is 11.8 Å². The maximum atomic E-state index is 12.5. The lowest BCUT2D eigenvalue weighted by atomic mass is 10.2. The quantitative estimate of drug-likeness (QED) is 0.275. The molecule has 0 bridgehead atoms. The van der Waals surface area contributed by atoms with E-state index in [0.29, 0.717) is 40.8 Å². The topological polar surface area (TPSA) is 67.9 Å². The predicted molar refractivity (Wildman–Crippen MR) is 101 cm³/mol. The predicted octanol–water partition coefficient (Wildman–Crippen LogP) is 3.69. The second-order valence-corrected chi connectivity index (χ2v) is 7.03. The average Bonchev–Trinajstić information content (AvgIpc) is 3.10. The molecule has 0 radical (unpaired) electrons. The van der Waals surface area contributed by atoms with Crippen LogP contribution in [0.2, 0.25) is 0 Å². The van der Waals surface area contributed by atoms with Crippen molar-refractivity contribution < 1.29 is 4.74 Å². The van der Waals surface area contributed by atoms with Crippen LogP contribution >= 0.6 is 23.1 Å². The van der Waals surface area contributed by atoms with Crippen LogP contribution in [0, 0.1) is 11.3 Å². The van der Waals surface area contributed by atoms with E-state index in [0.717, 1.165) is 4.83 Å². The van der Waals surface area contributed by atoms with Gasteiger partial charge in [0.2, 0.25) is 0 Å². The van der Waals surface area contributed by atoms with E-state index in [-0.39, 0.29) is 5.56 Å². The molecule has 7 heteroatoms. The van der Waals surface area contributed by atoms with Crippen LogP contribution in [0.25, 0.3) is 10.2 Å². The number of benzene rings is 1. The number of thioether (sulfide) groups is 1. The summed E-state index contributed by atoms with van der Waals surface area (Å²) in [4.78, 5) is 17.9. The molecule has 0 unspecified atom stereocenters. The van der Waals surface area contributed by atoms with Crippen LogP contribution in [0.3, 0.4) is 0 Å². The minimum atomic E-state index is -0.0451. The van der Waals surface area contributed by atoms with E-state index >= 15 is 0 Å². The summed E-state index contributed by atoms with van der Waals surface area (Å²) >= 11 is 2.93. The fourth-order valence-corrected chi connectivity index (χ4v) is 3.91. The first-order valence-corrected chi connectivity index (χ1v) is 9.44. The largest absolute Gasteiger partial charge is 0.493 e. The van der Waals surface area contributed by atoms with Gasteiger partial charge in [-0.05, 0) is 29.6 Å². The third-order valence-electron chi connectivity index (χ3n) is 3.41. The van der Waals surface area contributed by atoms with Gasteiger partial charge in [-0.2, -0.15) is 5.26 Å². The number of hydrogen-bond acceptors (Lipinski definition) is 6. The molecule has 0 fully saturated rings. The highest BCUT2D eigenvalue weighted by Gasteiger charge is 2.11. The van der Waals surface area contributed by atoms with E-state index < -0.39 is 0 Å². The summed E-state index contributed by atoms with van der Waals surface area (Å²) in [5, 5.41) is 12.1. The molecular formula is C18H15N3O2S2. The normalized spacial score (nSPS) is 10.5.